The molecule has 19 heavy (non-hydrogen) atoms. The van der Waals surface area contributed by atoms with E-state index in [0.717, 1.165) is 23.4 Å². The first-order valence-electron chi connectivity index (χ1n) is 6.77. The Bertz CT molecular complexity index is 602. The van der Waals surface area contributed by atoms with Crippen LogP contribution in [0.3, 0.4) is 0 Å². The molecule has 1 aromatic heterocycles. The van der Waals surface area contributed by atoms with Crippen molar-refractivity contribution in [2.24, 2.45) is 0 Å². The number of aromatic nitrogens is 1. The van der Waals surface area contributed by atoms with Gasteiger partial charge in [0.15, 0.2) is 5.78 Å². The summed E-state index contributed by atoms with van der Waals surface area (Å²) < 4.78 is 0. The molecule has 3 heteroatoms. The summed E-state index contributed by atoms with van der Waals surface area (Å²) in [6.45, 7) is 1.92. The van der Waals surface area contributed by atoms with Gasteiger partial charge in [-0.05, 0) is 43.2 Å². The van der Waals surface area contributed by atoms with Crippen LogP contribution in [0.25, 0.3) is 0 Å². The fourth-order valence-electron chi connectivity index (χ4n) is 2.95. The number of ketones is 1. The molecule has 2 nitrogen and oxygen atoms in total. The highest BCUT2D eigenvalue weighted by Gasteiger charge is 2.24. The van der Waals surface area contributed by atoms with Crippen LogP contribution in [0.2, 0.25) is 0 Å². The first-order chi connectivity index (χ1) is 9.25. The number of aryl methyl sites for hydroxylation is 2. The first kappa shape index (κ1) is 12.5. The van der Waals surface area contributed by atoms with E-state index in [1.165, 1.54) is 28.9 Å². The van der Waals surface area contributed by atoms with Crippen LogP contribution in [0, 0.1) is 6.92 Å². The number of rotatable bonds is 3. The lowest BCUT2D eigenvalue weighted by atomic mass is 9.80. The summed E-state index contributed by atoms with van der Waals surface area (Å²) in [4.78, 5) is 17.4. The van der Waals surface area contributed by atoms with Crippen LogP contribution in [0.1, 0.15) is 51.7 Å². The van der Waals surface area contributed by atoms with E-state index in [1.54, 1.807) is 5.51 Å². The summed E-state index contributed by atoms with van der Waals surface area (Å²) in [5, 5.41) is 0. The molecule has 0 saturated heterocycles. The summed E-state index contributed by atoms with van der Waals surface area (Å²) in [7, 11) is 0. The topological polar surface area (TPSA) is 30.0 Å². The lowest BCUT2D eigenvalue weighted by Gasteiger charge is -2.24. The van der Waals surface area contributed by atoms with Crippen molar-refractivity contribution in [1.82, 2.24) is 4.98 Å². The molecule has 1 atom stereocenters. The Morgan fingerprint density at radius 3 is 3.05 bits per heavy atom. The molecule has 1 aliphatic carbocycles. The number of carbonyl (C=O) groups excluding carboxylic acids is 1. The highest BCUT2D eigenvalue weighted by molar-refractivity contribution is 7.11. The van der Waals surface area contributed by atoms with E-state index in [2.05, 4.69) is 29.2 Å². The molecular weight excluding hydrogens is 254 g/mol. The predicted molar refractivity (Wildman–Crippen MR) is 77.9 cm³/mol. The highest BCUT2D eigenvalue weighted by atomic mass is 32.1. The summed E-state index contributed by atoms with van der Waals surface area (Å²) in [6, 6.07) is 8.56. The van der Waals surface area contributed by atoms with Gasteiger partial charge in [0.05, 0.1) is 16.1 Å². The van der Waals surface area contributed by atoms with Gasteiger partial charge in [0, 0.05) is 6.42 Å². The average molecular weight is 271 g/mol. The molecule has 1 aliphatic rings. The van der Waals surface area contributed by atoms with Crippen LogP contribution in [-0.4, -0.2) is 10.8 Å². The zero-order valence-corrected chi connectivity index (χ0v) is 11.9. The SMILES string of the molecule is Cc1ncsc1C(=O)CC1CCCc2ccccc21. The largest absolute Gasteiger partial charge is 0.293 e. The standard InChI is InChI=1S/C16H17NOS/c1-11-16(19-10-17-11)15(18)9-13-7-4-6-12-5-2-3-8-14(12)13/h2-3,5,8,10,13H,4,6-7,9H2,1H3. The molecule has 0 radical (unpaired) electrons. The van der Waals surface area contributed by atoms with Gasteiger partial charge in [-0.25, -0.2) is 4.98 Å². The molecule has 0 spiro atoms. The number of Topliss-reactive ketones (excluding diaryl/α,β-unsaturated/α-hetero) is 1. The maximum absolute atomic E-state index is 12.4. The van der Waals surface area contributed by atoms with Gasteiger partial charge < -0.3 is 0 Å². The van der Waals surface area contributed by atoms with E-state index in [1.807, 2.05) is 6.92 Å². The third-order valence-corrected chi connectivity index (χ3v) is 4.89. The van der Waals surface area contributed by atoms with Crippen LogP contribution in [0.4, 0.5) is 0 Å². The zero-order valence-electron chi connectivity index (χ0n) is 11.1. The summed E-state index contributed by atoms with van der Waals surface area (Å²) in [5.41, 5.74) is 5.44. The minimum absolute atomic E-state index is 0.252. The fraction of sp³-hybridized carbons (Fsp3) is 0.375. The van der Waals surface area contributed by atoms with Crippen molar-refractivity contribution in [2.45, 2.75) is 38.5 Å². The van der Waals surface area contributed by atoms with E-state index >= 15 is 0 Å². The molecule has 0 bridgehead atoms. The number of nitrogens with zero attached hydrogens (tertiary/aromatic N) is 1. The third kappa shape index (κ3) is 2.47. The average Bonchev–Trinajstić information content (AvgIpc) is 2.85. The van der Waals surface area contributed by atoms with E-state index in [-0.39, 0.29) is 5.78 Å². The summed E-state index contributed by atoms with van der Waals surface area (Å²) in [6.07, 6.45) is 4.09. The predicted octanol–water partition coefficient (Wildman–Crippen LogP) is 4.14. The van der Waals surface area contributed by atoms with Gasteiger partial charge in [0.1, 0.15) is 0 Å². The van der Waals surface area contributed by atoms with Crippen molar-refractivity contribution >= 4 is 17.1 Å². The minimum atomic E-state index is 0.252. The number of benzene rings is 1. The monoisotopic (exact) mass is 271 g/mol. The number of hydrogen-bond donors (Lipinski definition) is 0. The van der Waals surface area contributed by atoms with Gasteiger partial charge in [-0.1, -0.05) is 24.3 Å². The molecule has 3 rings (SSSR count). The number of fused-ring (bicyclic) bond motifs is 1. The number of carbonyl (C=O) groups is 1. The number of thiazole rings is 1. The van der Waals surface area contributed by atoms with Crippen molar-refractivity contribution in [1.29, 1.82) is 0 Å². The maximum atomic E-state index is 12.4. The van der Waals surface area contributed by atoms with Gasteiger partial charge in [0.25, 0.3) is 0 Å². The van der Waals surface area contributed by atoms with Gasteiger partial charge in [-0.3, -0.25) is 4.79 Å². The lowest BCUT2D eigenvalue weighted by Crippen LogP contribution is -2.13. The van der Waals surface area contributed by atoms with Gasteiger partial charge in [-0.2, -0.15) is 0 Å². The smallest absolute Gasteiger partial charge is 0.175 e. The molecule has 98 valence electrons. The summed E-state index contributed by atoms with van der Waals surface area (Å²) >= 11 is 1.47. The fourth-order valence-corrected chi connectivity index (χ4v) is 3.71. The quantitative estimate of drug-likeness (QED) is 0.785. The molecular formula is C16H17NOS. The molecule has 1 heterocycles. The van der Waals surface area contributed by atoms with Crippen LogP contribution in [-0.2, 0) is 6.42 Å². The van der Waals surface area contributed by atoms with E-state index in [4.69, 9.17) is 0 Å². The molecule has 0 N–H and O–H groups in total. The Morgan fingerprint density at radius 1 is 1.42 bits per heavy atom. The first-order valence-corrected chi connectivity index (χ1v) is 7.65. The van der Waals surface area contributed by atoms with Crippen LogP contribution >= 0.6 is 11.3 Å². The molecule has 0 aliphatic heterocycles. The number of hydrogen-bond acceptors (Lipinski definition) is 3. The van der Waals surface area contributed by atoms with Crippen molar-refractivity contribution in [3.8, 4) is 0 Å². The lowest BCUT2D eigenvalue weighted by molar-refractivity contribution is 0.0974. The maximum Gasteiger partial charge on any atom is 0.175 e. The Morgan fingerprint density at radius 2 is 2.26 bits per heavy atom. The van der Waals surface area contributed by atoms with Gasteiger partial charge in [-0.15, -0.1) is 11.3 Å². The molecule has 1 unspecified atom stereocenters. The third-order valence-electron chi connectivity index (χ3n) is 3.92. The molecule has 0 saturated carbocycles. The minimum Gasteiger partial charge on any atom is -0.293 e. The van der Waals surface area contributed by atoms with Crippen LogP contribution in [0.5, 0.6) is 0 Å². The van der Waals surface area contributed by atoms with Crippen LogP contribution in [0.15, 0.2) is 29.8 Å². The van der Waals surface area contributed by atoms with Gasteiger partial charge >= 0.3 is 0 Å². The van der Waals surface area contributed by atoms with E-state index < -0.39 is 0 Å². The Labute approximate surface area is 117 Å². The van der Waals surface area contributed by atoms with Crippen molar-refractivity contribution in [3.63, 3.8) is 0 Å². The zero-order chi connectivity index (χ0) is 13.2. The van der Waals surface area contributed by atoms with E-state index in [9.17, 15) is 4.79 Å². The second-order valence-corrected chi connectivity index (χ2v) is 6.04. The second-order valence-electron chi connectivity index (χ2n) is 5.18. The van der Waals surface area contributed by atoms with Crippen molar-refractivity contribution in [3.05, 3.63) is 51.5 Å². The van der Waals surface area contributed by atoms with Gasteiger partial charge in [0.2, 0.25) is 0 Å². The molecule has 0 amide bonds. The molecule has 1 aromatic carbocycles. The van der Waals surface area contributed by atoms with Crippen LogP contribution < -0.4 is 0 Å². The Kier molecular flexibility index (Phi) is 3.47. The summed E-state index contributed by atoms with van der Waals surface area (Å²) in [5.74, 6) is 0.639. The molecule has 2 aromatic rings. The van der Waals surface area contributed by atoms with Crippen molar-refractivity contribution in [2.75, 3.05) is 0 Å². The Balaban J connectivity index is 1.82. The van der Waals surface area contributed by atoms with Crippen molar-refractivity contribution < 1.29 is 4.79 Å². The molecule has 0 fully saturated rings. The second kappa shape index (κ2) is 5.25. The van der Waals surface area contributed by atoms with E-state index in [0.29, 0.717) is 12.3 Å². The highest BCUT2D eigenvalue weighted by Crippen LogP contribution is 2.35. The Hall–Kier alpha value is -1.48. The normalized spacial score (nSPS) is 18.1.